The molecule has 0 aromatic heterocycles. The highest BCUT2D eigenvalue weighted by Crippen LogP contribution is 2.37. The van der Waals surface area contributed by atoms with Crippen LogP contribution < -0.4 is 10.2 Å². The minimum Gasteiger partial charge on any atom is -0.476 e. The van der Waals surface area contributed by atoms with Gasteiger partial charge >= 0.3 is 25.0 Å². The molecule has 0 amide bonds. The van der Waals surface area contributed by atoms with Gasteiger partial charge in [-0.3, -0.25) is 14.4 Å². The molecule has 0 radical (unpaired) electrons. The Morgan fingerprint density at radius 3 is 2.03 bits per heavy atom. The molecular formula is C23H31BO9S. The molecular weight excluding hydrogens is 463 g/mol. The van der Waals surface area contributed by atoms with Gasteiger partial charge in [-0.2, -0.15) is 0 Å². The first-order chi connectivity index (χ1) is 15.8. The average molecular weight is 494 g/mol. The second kappa shape index (κ2) is 10.2. The van der Waals surface area contributed by atoms with Gasteiger partial charge in [0.15, 0.2) is 23.7 Å². The van der Waals surface area contributed by atoms with Crippen molar-refractivity contribution in [3.8, 4) is 5.75 Å². The Balaban J connectivity index is 1.83. The van der Waals surface area contributed by atoms with Crippen LogP contribution in [0.15, 0.2) is 24.3 Å². The summed E-state index contributed by atoms with van der Waals surface area (Å²) in [4.78, 5) is 35.2. The number of ether oxygens (including phenoxy) is 4. The van der Waals surface area contributed by atoms with E-state index in [2.05, 4.69) is 0 Å². The fraction of sp³-hybridized carbons (Fsp3) is 0.609. The van der Waals surface area contributed by atoms with Gasteiger partial charge in [0.05, 0.1) is 11.2 Å². The van der Waals surface area contributed by atoms with Crippen LogP contribution in [-0.4, -0.2) is 65.7 Å². The van der Waals surface area contributed by atoms with Crippen LogP contribution in [0, 0.1) is 0 Å². The third-order valence-electron chi connectivity index (χ3n) is 5.94. The molecule has 0 spiro atoms. The van der Waals surface area contributed by atoms with E-state index in [1.54, 1.807) is 12.1 Å². The molecule has 3 rings (SSSR count). The minimum atomic E-state index is -1.01. The molecule has 34 heavy (non-hydrogen) atoms. The van der Waals surface area contributed by atoms with Crippen molar-refractivity contribution in [3.63, 3.8) is 0 Å². The molecule has 186 valence electrons. The van der Waals surface area contributed by atoms with E-state index < -0.39 is 60.0 Å². The van der Waals surface area contributed by atoms with E-state index in [-0.39, 0.29) is 5.75 Å². The highest BCUT2D eigenvalue weighted by molar-refractivity contribution is 7.99. The maximum atomic E-state index is 11.9. The Labute approximate surface area is 204 Å². The molecule has 2 aliphatic rings. The number of carbonyl (C=O) groups excluding carboxylic acids is 3. The molecule has 2 saturated heterocycles. The molecule has 0 aliphatic carbocycles. The monoisotopic (exact) mass is 494 g/mol. The maximum absolute atomic E-state index is 11.9. The number of rotatable bonds is 6. The molecule has 0 unspecified atom stereocenters. The smallest absolute Gasteiger partial charge is 0.476 e. The van der Waals surface area contributed by atoms with Crippen LogP contribution in [0.4, 0.5) is 0 Å². The van der Waals surface area contributed by atoms with Gasteiger partial charge in [-0.1, -0.05) is 12.1 Å². The summed E-state index contributed by atoms with van der Waals surface area (Å²) >= 11 is 1.30. The normalized spacial score (nSPS) is 27.6. The zero-order valence-corrected chi connectivity index (χ0v) is 21.3. The summed E-state index contributed by atoms with van der Waals surface area (Å²) in [7, 11) is -0.570. The summed E-state index contributed by atoms with van der Waals surface area (Å²) in [5.74, 6) is -0.914. The van der Waals surface area contributed by atoms with Crippen LogP contribution in [-0.2, 0) is 37.9 Å². The topological polar surface area (TPSA) is 107 Å². The van der Waals surface area contributed by atoms with Gasteiger partial charge in [-0.25, -0.2) is 0 Å². The van der Waals surface area contributed by atoms with Crippen molar-refractivity contribution in [2.75, 3.05) is 5.75 Å². The maximum Gasteiger partial charge on any atom is 0.494 e. The Morgan fingerprint density at radius 1 is 0.912 bits per heavy atom. The predicted octanol–water partition coefficient (Wildman–Crippen LogP) is 2.23. The van der Waals surface area contributed by atoms with Crippen molar-refractivity contribution in [3.05, 3.63) is 24.3 Å². The lowest BCUT2D eigenvalue weighted by Gasteiger charge is -2.39. The fourth-order valence-corrected chi connectivity index (χ4v) is 4.87. The zero-order valence-electron chi connectivity index (χ0n) is 20.5. The average Bonchev–Trinajstić information content (AvgIpc) is 2.93. The molecule has 0 saturated carbocycles. The first-order valence-electron chi connectivity index (χ1n) is 11.0. The molecule has 2 fully saturated rings. The van der Waals surface area contributed by atoms with Gasteiger partial charge in [-0.15, -0.1) is 11.8 Å². The van der Waals surface area contributed by atoms with Gasteiger partial charge in [-0.05, 0) is 45.3 Å². The molecule has 0 bridgehead atoms. The van der Waals surface area contributed by atoms with Crippen LogP contribution >= 0.6 is 11.8 Å². The van der Waals surface area contributed by atoms with E-state index in [1.807, 2.05) is 39.8 Å². The van der Waals surface area contributed by atoms with Crippen LogP contribution in [0.2, 0.25) is 0 Å². The van der Waals surface area contributed by atoms with Crippen molar-refractivity contribution in [1.82, 2.24) is 0 Å². The first-order valence-corrected chi connectivity index (χ1v) is 12.1. The molecule has 0 N–H and O–H groups in total. The summed E-state index contributed by atoms with van der Waals surface area (Å²) < 4.78 is 34.6. The van der Waals surface area contributed by atoms with Crippen LogP contribution in [0.5, 0.6) is 5.75 Å². The quantitative estimate of drug-likeness (QED) is 0.332. The van der Waals surface area contributed by atoms with E-state index in [0.717, 1.165) is 5.46 Å². The highest BCUT2D eigenvalue weighted by atomic mass is 32.2. The molecule has 1 aromatic carbocycles. The highest BCUT2D eigenvalue weighted by Gasteiger charge is 2.52. The zero-order chi connectivity index (χ0) is 25.3. The summed E-state index contributed by atoms with van der Waals surface area (Å²) in [6.07, 6.45) is -2.79. The molecule has 9 nitrogen and oxygen atoms in total. The van der Waals surface area contributed by atoms with E-state index in [4.69, 9.17) is 28.3 Å². The first kappa shape index (κ1) is 26.4. The van der Waals surface area contributed by atoms with Crippen molar-refractivity contribution >= 4 is 42.3 Å². The van der Waals surface area contributed by atoms with Gasteiger partial charge < -0.3 is 28.3 Å². The lowest BCUT2D eigenvalue weighted by Crippen LogP contribution is -2.55. The Bertz CT molecular complexity index is 919. The fourth-order valence-electron chi connectivity index (χ4n) is 3.66. The second-order valence-corrected chi connectivity index (χ2v) is 10.4. The van der Waals surface area contributed by atoms with Gasteiger partial charge in [0.25, 0.3) is 0 Å². The molecule has 4 atom stereocenters. The number of hydrogen-bond donors (Lipinski definition) is 0. The van der Waals surface area contributed by atoms with Crippen molar-refractivity contribution in [2.45, 2.75) is 83.4 Å². The van der Waals surface area contributed by atoms with Gasteiger partial charge in [0.2, 0.25) is 0 Å². The van der Waals surface area contributed by atoms with Crippen LogP contribution in [0.1, 0.15) is 48.5 Å². The molecule has 2 aliphatic heterocycles. The van der Waals surface area contributed by atoms with Gasteiger partial charge in [0.1, 0.15) is 5.75 Å². The van der Waals surface area contributed by atoms with E-state index >= 15 is 0 Å². The predicted molar refractivity (Wildman–Crippen MR) is 126 cm³/mol. The summed E-state index contributed by atoms with van der Waals surface area (Å²) in [5.41, 5.74) is -0.919. The number of hydrogen-bond acceptors (Lipinski definition) is 10. The second-order valence-electron chi connectivity index (χ2n) is 9.28. The Kier molecular flexibility index (Phi) is 7.89. The summed E-state index contributed by atoms with van der Waals surface area (Å²) in [6, 6.07) is 7.26. The van der Waals surface area contributed by atoms with Crippen molar-refractivity contribution in [2.24, 2.45) is 0 Å². The van der Waals surface area contributed by atoms with E-state index in [0.29, 0.717) is 5.75 Å². The standard InChI is InChI=1S/C23H31BO9S/c1-13(25)28-18-12-34-21(20(30-15(3)27)19(18)29-14(2)26)31-17-10-8-9-16(11-17)24-32-22(4,5)23(6,7)33-24/h8-11,18-21H,12H2,1-7H3/t18-,19+,20-,21+/m1/s1. The number of thioether (sulfide) groups is 1. The van der Waals surface area contributed by atoms with Crippen LogP contribution in [0.3, 0.4) is 0 Å². The number of benzene rings is 1. The lowest BCUT2D eigenvalue weighted by molar-refractivity contribution is -0.186. The van der Waals surface area contributed by atoms with Crippen LogP contribution in [0.25, 0.3) is 0 Å². The molecule has 11 heteroatoms. The van der Waals surface area contributed by atoms with E-state index in [1.165, 1.54) is 32.5 Å². The SMILES string of the molecule is CC(=O)O[C@@H]1[C@@H](OC(C)=O)[C@@H](Oc2cccc(B3OC(C)(C)C(C)(C)O3)c2)SC[C@H]1OC(C)=O. The Morgan fingerprint density at radius 2 is 1.47 bits per heavy atom. The Hall–Kier alpha value is -2.24. The van der Waals surface area contributed by atoms with Gasteiger partial charge in [0, 0.05) is 26.5 Å². The third kappa shape index (κ3) is 6.06. The minimum absolute atomic E-state index is 0.289. The molecule has 1 aromatic rings. The van der Waals surface area contributed by atoms with E-state index in [9.17, 15) is 14.4 Å². The van der Waals surface area contributed by atoms with Crippen molar-refractivity contribution < 1.29 is 42.6 Å². The largest absolute Gasteiger partial charge is 0.494 e. The van der Waals surface area contributed by atoms with Crippen molar-refractivity contribution in [1.29, 1.82) is 0 Å². The summed E-state index contributed by atoms with van der Waals surface area (Å²) in [5, 5.41) is 0. The third-order valence-corrected chi connectivity index (χ3v) is 7.15. The lowest BCUT2D eigenvalue weighted by atomic mass is 9.79. The molecule has 2 heterocycles. The summed E-state index contributed by atoms with van der Waals surface area (Å²) in [6.45, 7) is 11.7. The number of esters is 3. The number of carbonyl (C=O) groups is 3.